The van der Waals surface area contributed by atoms with Crippen LogP contribution in [0.4, 0.5) is 0 Å². The predicted molar refractivity (Wildman–Crippen MR) is 249 cm³/mol. The van der Waals surface area contributed by atoms with Gasteiger partial charge in [-0.1, -0.05) is 119 Å². The highest BCUT2D eigenvalue weighted by Crippen LogP contribution is 2.36. The van der Waals surface area contributed by atoms with Gasteiger partial charge in [-0.05, 0) is 175 Å². The van der Waals surface area contributed by atoms with Gasteiger partial charge in [-0.3, -0.25) is 0 Å². The highest BCUT2D eigenvalue weighted by atomic mass is 32.1. The zero-order valence-corrected chi connectivity index (χ0v) is 33.7. The summed E-state index contributed by atoms with van der Waals surface area (Å²) in [5.74, 6) is 0. The summed E-state index contributed by atoms with van der Waals surface area (Å²) in [7, 11) is 0. The quantitative estimate of drug-likeness (QED) is 0.0814. The zero-order valence-electron chi connectivity index (χ0n) is 32.0. The Kier molecular flexibility index (Phi) is 10.4. The van der Waals surface area contributed by atoms with E-state index in [0.29, 0.717) is 0 Å². The van der Waals surface area contributed by atoms with Crippen LogP contribution < -0.4 is 0 Å². The molecule has 9 aromatic rings. The van der Waals surface area contributed by atoms with E-state index in [9.17, 15) is 0 Å². The Labute approximate surface area is 333 Å². The van der Waals surface area contributed by atoms with Crippen molar-refractivity contribution in [1.29, 1.82) is 0 Å². The van der Waals surface area contributed by atoms with E-state index in [2.05, 4.69) is 159 Å². The molecule has 55 heavy (non-hydrogen) atoms. The van der Waals surface area contributed by atoms with Gasteiger partial charge in [-0.2, -0.15) is 0 Å². The second-order valence-corrected chi connectivity index (χ2v) is 17.7. The highest BCUT2D eigenvalue weighted by Gasteiger charge is 2.08. The molecule has 272 valence electrons. The summed E-state index contributed by atoms with van der Waals surface area (Å²) in [5.41, 5.74) is 5.40. The van der Waals surface area contributed by atoms with Crippen LogP contribution in [-0.2, 0) is 12.8 Å². The molecule has 0 N–H and O–H groups in total. The number of unbranched alkanes of at least 4 members (excludes halogenated alkanes) is 5. The minimum atomic E-state index is 1.17. The molecule has 0 amide bonds. The first kappa shape index (κ1) is 35.7. The Morgan fingerprint density at radius 3 is 1.27 bits per heavy atom. The Hall–Kier alpha value is -5.02. The maximum Gasteiger partial charge on any atom is 0.0355 e. The van der Waals surface area contributed by atoms with Crippen molar-refractivity contribution in [3.63, 3.8) is 0 Å². The molecule has 2 aromatic heterocycles. The molecule has 0 fully saturated rings. The van der Waals surface area contributed by atoms with Crippen LogP contribution in [0.2, 0.25) is 0 Å². The molecule has 0 saturated carbocycles. The SMILES string of the molecule is CCCCCCc1ccc2cc(/C=C/c3cc4cc5cc6cc7cc(/C=C/c8ccc9cc(CCCCC)ccc9c8)sc7cc6cc5cc4s3)ccc2c1. The van der Waals surface area contributed by atoms with Gasteiger partial charge in [0.1, 0.15) is 0 Å². The molecule has 2 heteroatoms. The zero-order chi connectivity index (χ0) is 37.1. The standard InChI is InChI=1S/C53H48S2/c1-3-5-7-9-11-37-13-19-43-27-39(15-21-41(43)25-37)17-23-51-33-49-31-45-28-44-30-48-32-50(54-52(48)34-46(44)29-47(45)35-53(49)55-51)22-16-38-14-20-40-24-36(10-8-6-4-2)12-18-42(40)26-38/h12-35H,3-11H2,1-2H3/b22-16+,23-17+. The fourth-order valence-corrected chi connectivity index (χ4v) is 10.1. The average molecular weight is 749 g/mol. The van der Waals surface area contributed by atoms with Gasteiger partial charge in [0.15, 0.2) is 0 Å². The van der Waals surface area contributed by atoms with E-state index in [1.807, 2.05) is 22.7 Å². The molecule has 7 aromatic carbocycles. The maximum absolute atomic E-state index is 2.38. The van der Waals surface area contributed by atoms with Crippen LogP contribution >= 0.6 is 22.7 Å². The summed E-state index contributed by atoms with van der Waals surface area (Å²) in [6.45, 7) is 4.54. The van der Waals surface area contributed by atoms with Gasteiger partial charge in [0, 0.05) is 19.2 Å². The van der Waals surface area contributed by atoms with E-state index in [1.54, 1.807) is 0 Å². The Morgan fingerprint density at radius 2 is 0.764 bits per heavy atom. The molecule has 0 nitrogen and oxygen atoms in total. The third-order valence-corrected chi connectivity index (χ3v) is 13.4. The number of thiophene rings is 2. The molecule has 0 aliphatic rings. The van der Waals surface area contributed by atoms with E-state index >= 15 is 0 Å². The minimum absolute atomic E-state index is 1.17. The lowest BCUT2D eigenvalue weighted by Gasteiger charge is -2.05. The lowest BCUT2D eigenvalue weighted by Crippen LogP contribution is -1.86. The summed E-state index contributed by atoms with van der Waals surface area (Å²) < 4.78 is 2.67. The average Bonchev–Trinajstić information content (AvgIpc) is 3.80. The van der Waals surface area contributed by atoms with Crippen molar-refractivity contribution in [3.05, 3.63) is 153 Å². The van der Waals surface area contributed by atoms with Gasteiger partial charge in [0.2, 0.25) is 0 Å². The van der Waals surface area contributed by atoms with Crippen LogP contribution in [-0.4, -0.2) is 0 Å². The molecule has 0 radical (unpaired) electrons. The first-order valence-corrected chi connectivity index (χ1v) is 22.0. The van der Waals surface area contributed by atoms with Crippen molar-refractivity contribution in [1.82, 2.24) is 0 Å². The third kappa shape index (κ3) is 8.04. The Balaban J connectivity index is 0.916. The molecular weight excluding hydrogens is 701 g/mol. The summed E-state index contributed by atoms with van der Waals surface area (Å²) in [6, 6.07) is 46.6. The molecule has 0 aliphatic carbocycles. The largest absolute Gasteiger partial charge is 0.136 e. The fraction of sp³-hybridized carbons (Fsp3) is 0.208. The summed E-state index contributed by atoms with van der Waals surface area (Å²) in [4.78, 5) is 2.57. The van der Waals surface area contributed by atoms with Crippen LogP contribution in [0.5, 0.6) is 0 Å². The van der Waals surface area contributed by atoms with Crippen LogP contribution in [0.25, 0.3) is 87.6 Å². The maximum atomic E-state index is 2.38. The summed E-state index contributed by atoms with van der Waals surface area (Å²) in [5, 5.41) is 13.1. The lowest BCUT2D eigenvalue weighted by atomic mass is 10.0. The molecule has 0 atom stereocenters. The van der Waals surface area contributed by atoms with Crippen LogP contribution in [0.3, 0.4) is 0 Å². The lowest BCUT2D eigenvalue weighted by molar-refractivity contribution is 0.667. The number of hydrogen-bond acceptors (Lipinski definition) is 2. The van der Waals surface area contributed by atoms with E-state index in [-0.39, 0.29) is 0 Å². The fourth-order valence-electron chi connectivity index (χ4n) is 8.12. The monoisotopic (exact) mass is 748 g/mol. The molecular formula is C53H48S2. The number of benzene rings is 7. The van der Waals surface area contributed by atoms with Crippen molar-refractivity contribution < 1.29 is 0 Å². The van der Waals surface area contributed by atoms with Crippen LogP contribution in [0, 0.1) is 0 Å². The molecule has 0 aliphatic heterocycles. The van der Waals surface area contributed by atoms with E-state index in [4.69, 9.17) is 0 Å². The van der Waals surface area contributed by atoms with E-state index in [0.717, 1.165) is 0 Å². The third-order valence-electron chi connectivity index (χ3n) is 11.2. The van der Waals surface area contributed by atoms with Gasteiger partial charge in [0.05, 0.1) is 0 Å². The molecule has 2 heterocycles. The van der Waals surface area contributed by atoms with Gasteiger partial charge in [-0.15, -0.1) is 22.7 Å². The van der Waals surface area contributed by atoms with E-state index < -0.39 is 0 Å². The smallest absolute Gasteiger partial charge is 0.0355 e. The first-order chi connectivity index (χ1) is 27.1. The van der Waals surface area contributed by atoms with E-state index in [1.165, 1.54) is 153 Å². The molecule has 0 spiro atoms. The second kappa shape index (κ2) is 16.0. The van der Waals surface area contributed by atoms with Crippen LogP contribution in [0.15, 0.2) is 121 Å². The molecule has 9 rings (SSSR count). The van der Waals surface area contributed by atoms with Gasteiger partial charge in [-0.25, -0.2) is 0 Å². The number of rotatable bonds is 13. The van der Waals surface area contributed by atoms with Crippen molar-refractivity contribution >= 4 is 110 Å². The Morgan fingerprint density at radius 1 is 0.345 bits per heavy atom. The molecule has 0 bridgehead atoms. The number of aryl methyl sites for hydroxylation is 2. The number of fused-ring (bicyclic) bond motifs is 6. The first-order valence-electron chi connectivity index (χ1n) is 20.3. The van der Waals surface area contributed by atoms with Crippen molar-refractivity contribution in [2.45, 2.75) is 71.6 Å². The van der Waals surface area contributed by atoms with Gasteiger partial charge in [0.25, 0.3) is 0 Å². The minimum Gasteiger partial charge on any atom is -0.136 e. The number of hydrogen-bond donors (Lipinski definition) is 0. The molecule has 0 unspecified atom stereocenters. The normalized spacial score (nSPS) is 12.3. The second-order valence-electron chi connectivity index (χ2n) is 15.4. The predicted octanol–water partition coefficient (Wildman–Crippen LogP) is 16.9. The van der Waals surface area contributed by atoms with Crippen LogP contribution in [0.1, 0.15) is 90.8 Å². The highest BCUT2D eigenvalue weighted by molar-refractivity contribution is 7.20. The van der Waals surface area contributed by atoms with Gasteiger partial charge < -0.3 is 0 Å². The van der Waals surface area contributed by atoms with Crippen molar-refractivity contribution in [2.24, 2.45) is 0 Å². The topological polar surface area (TPSA) is 0 Å². The summed E-state index contributed by atoms with van der Waals surface area (Å²) in [6.07, 6.45) is 20.5. The molecule has 0 saturated heterocycles. The van der Waals surface area contributed by atoms with Gasteiger partial charge >= 0.3 is 0 Å². The Bertz CT molecular complexity index is 2790. The van der Waals surface area contributed by atoms with Crippen molar-refractivity contribution in [2.75, 3.05) is 0 Å². The van der Waals surface area contributed by atoms with Crippen molar-refractivity contribution in [3.8, 4) is 0 Å². The summed E-state index contributed by atoms with van der Waals surface area (Å²) >= 11 is 3.75.